The fourth-order valence-electron chi connectivity index (χ4n) is 1.87. The predicted molar refractivity (Wildman–Crippen MR) is 74.2 cm³/mol. The smallest absolute Gasteiger partial charge is 0.326 e. The van der Waals surface area contributed by atoms with Crippen LogP contribution in [0.2, 0.25) is 0 Å². The number of hydrogen-bond donors (Lipinski definition) is 1. The minimum atomic E-state index is -0.977. The molecule has 0 saturated carbocycles. The molecule has 8 nitrogen and oxygen atoms in total. The average Bonchev–Trinajstić information content (AvgIpc) is 2.81. The molecule has 0 radical (unpaired) electrons. The van der Waals surface area contributed by atoms with Gasteiger partial charge in [0.15, 0.2) is 0 Å². The molecule has 2 aromatic heterocycles. The lowest BCUT2D eigenvalue weighted by Crippen LogP contribution is -2.31. The minimum Gasteiger partial charge on any atom is -0.480 e. The largest absolute Gasteiger partial charge is 0.480 e. The SMILES string of the molecule is CCCN(CC(=O)O)c1ncnc2sc([N+](=O)[O-])cc12. The highest BCUT2D eigenvalue weighted by Gasteiger charge is 2.20. The maximum absolute atomic E-state index is 10.9. The molecule has 0 aliphatic heterocycles. The number of rotatable bonds is 6. The second-order valence-electron chi connectivity index (χ2n) is 4.07. The van der Waals surface area contributed by atoms with Crippen molar-refractivity contribution in [2.75, 3.05) is 18.0 Å². The van der Waals surface area contributed by atoms with Crippen LogP contribution in [-0.4, -0.2) is 39.1 Å². The highest BCUT2D eigenvalue weighted by Crippen LogP contribution is 2.34. The molecule has 106 valence electrons. The maximum atomic E-state index is 10.9. The first kappa shape index (κ1) is 14.1. The van der Waals surface area contributed by atoms with Gasteiger partial charge in [-0.05, 0) is 17.8 Å². The predicted octanol–water partition coefficient (Wildman–Crippen LogP) is 1.90. The second-order valence-corrected chi connectivity index (χ2v) is 5.08. The van der Waals surface area contributed by atoms with Gasteiger partial charge in [0.05, 0.1) is 10.3 Å². The zero-order valence-electron chi connectivity index (χ0n) is 10.6. The van der Waals surface area contributed by atoms with Crippen molar-refractivity contribution in [1.82, 2.24) is 9.97 Å². The van der Waals surface area contributed by atoms with Crippen LogP contribution in [0.3, 0.4) is 0 Å². The van der Waals surface area contributed by atoms with E-state index in [9.17, 15) is 14.9 Å². The quantitative estimate of drug-likeness (QED) is 0.640. The lowest BCUT2D eigenvalue weighted by Gasteiger charge is -2.21. The Balaban J connectivity index is 2.50. The van der Waals surface area contributed by atoms with Gasteiger partial charge in [-0.1, -0.05) is 6.92 Å². The van der Waals surface area contributed by atoms with Crippen molar-refractivity contribution < 1.29 is 14.8 Å². The number of hydrogen-bond acceptors (Lipinski definition) is 7. The van der Waals surface area contributed by atoms with Crippen molar-refractivity contribution >= 4 is 38.3 Å². The number of nitro groups is 1. The molecule has 0 aliphatic rings. The Hall–Kier alpha value is -2.29. The van der Waals surface area contributed by atoms with E-state index in [2.05, 4.69) is 9.97 Å². The Bertz CT molecular complexity index is 657. The van der Waals surface area contributed by atoms with Crippen LogP contribution in [-0.2, 0) is 4.79 Å². The van der Waals surface area contributed by atoms with Crippen LogP contribution in [0.15, 0.2) is 12.4 Å². The molecular formula is C11H12N4O4S. The van der Waals surface area contributed by atoms with Crippen molar-refractivity contribution in [3.63, 3.8) is 0 Å². The molecule has 1 N–H and O–H groups in total. The second kappa shape index (κ2) is 5.78. The van der Waals surface area contributed by atoms with Crippen molar-refractivity contribution in [3.05, 3.63) is 22.5 Å². The van der Waals surface area contributed by atoms with Gasteiger partial charge < -0.3 is 10.0 Å². The van der Waals surface area contributed by atoms with Crippen LogP contribution >= 0.6 is 11.3 Å². The van der Waals surface area contributed by atoms with E-state index in [0.29, 0.717) is 22.6 Å². The average molecular weight is 296 g/mol. The van der Waals surface area contributed by atoms with Gasteiger partial charge in [0, 0.05) is 12.6 Å². The first-order chi connectivity index (χ1) is 9.52. The number of anilines is 1. The van der Waals surface area contributed by atoms with Crippen molar-refractivity contribution in [1.29, 1.82) is 0 Å². The van der Waals surface area contributed by atoms with E-state index in [0.717, 1.165) is 17.8 Å². The summed E-state index contributed by atoms with van der Waals surface area (Å²) in [5, 5.41) is 20.2. The molecule has 0 aliphatic carbocycles. The number of aromatic nitrogens is 2. The molecule has 9 heteroatoms. The Morgan fingerprint density at radius 2 is 2.30 bits per heavy atom. The third-order valence-corrected chi connectivity index (χ3v) is 3.59. The minimum absolute atomic E-state index is 0.0338. The van der Waals surface area contributed by atoms with Gasteiger partial charge in [-0.15, -0.1) is 0 Å². The van der Waals surface area contributed by atoms with Gasteiger partial charge in [0.2, 0.25) is 0 Å². The topological polar surface area (TPSA) is 109 Å². The summed E-state index contributed by atoms with van der Waals surface area (Å²) in [6.07, 6.45) is 2.04. The van der Waals surface area contributed by atoms with Gasteiger partial charge in [0.1, 0.15) is 23.5 Å². The first-order valence-electron chi connectivity index (χ1n) is 5.88. The first-order valence-corrected chi connectivity index (χ1v) is 6.70. The van der Waals surface area contributed by atoms with Crippen LogP contribution in [0.1, 0.15) is 13.3 Å². The summed E-state index contributed by atoms with van der Waals surface area (Å²) >= 11 is 0.950. The van der Waals surface area contributed by atoms with Crippen LogP contribution in [0.4, 0.5) is 10.8 Å². The number of fused-ring (bicyclic) bond motifs is 1. The van der Waals surface area contributed by atoms with Crippen molar-refractivity contribution in [2.24, 2.45) is 0 Å². The maximum Gasteiger partial charge on any atom is 0.326 e. The molecule has 2 rings (SSSR count). The van der Waals surface area contributed by atoms with Gasteiger partial charge in [0.25, 0.3) is 0 Å². The van der Waals surface area contributed by atoms with Crippen molar-refractivity contribution in [3.8, 4) is 0 Å². The standard InChI is InChI=1S/C11H12N4O4S/c1-2-3-14(5-9(16)17)10-7-4-8(15(18)19)20-11(7)13-6-12-10/h4,6H,2-3,5H2,1H3,(H,16,17). The molecular weight excluding hydrogens is 284 g/mol. The van der Waals surface area contributed by atoms with E-state index in [1.165, 1.54) is 12.4 Å². The Morgan fingerprint density at radius 1 is 1.55 bits per heavy atom. The van der Waals surface area contributed by atoms with E-state index >= 15 is 0 Å². The van der Waals surface area contributed by atoms with E-state index < -0.39 is 10.9 Å². The number of carboxylic acids is 1. The molecule has 20 heavy (non-hydrogen) atoms. The summed E-state index contributed by atoms with van der Waals surface area (Å²) < 4.78 is 0. The van der Waals surface area contributed by atoms with E-state index in [-0.39, 0.29) is 11.5 Å². The Labute approximate surface area is 117 Å². The van der Waals surface area contributed by atoms with Crippen molar-refractivity contribution in [2.45, 2.75) is 13.3 Å². The van der Waals surface area contributed by atoms with Crippen LogP contribution in [0.5, 0.6) is 0 Å². The molecule has 0 amide bonds. The summed E-state index contributed by atoms with van der Waals surface area (Å²) in [6.45, 7) is 2.22. The van der Waals surface area contributed by atoms with Gasteiger partial charge in [-0.25, -0.2) is 9.97 Å². The van der Waals surface area contributed by atoms with Crippen LogP contribution < -0.4 is 4.90 Å². The molecule has 0 spiro atoms. The summed E-state index contributed by atoms with van der Waals surface area (Å²) in [4.78, 5) is 31.4. The van der Waals surface area contributed by atoms with E-state index in [1.54, 1.807) is 4.90 Å². The Kier molecular flexibility index (Phi) is 4.08. The summed E-state index contributed by atoms with van der Waals surface area (Å²) in [5.74, 6) is -0.557. The molecule has 2 aromatic rings. The third-order valence-electron chi connectivity index (χ3n) is 2.59. The summed E-state index contributed by atoms with van der Waals surface area (Å²) in [7, 11) is 0. The summed E-state index contributed by atoms with van der Waals surface area (Å²) in [6, 6.07) is 1.39. The highest BCUT2D eigenvalue weighted by molar-refractivity contribution is 7.21. The molecule has 0 bridgehead atoms. The van der Waals surface area contributed by atoms with Gasteiger partial charge in [-0.3, -0.25) is 14.9 Å². The number of carbonyl (C=O) groups is 1. The van der Waals surface area contributed by atoms with E-state index in [4.69, 9.17) is 5.11 Å². The van der Waals surface area contributed by atoms with Crippen LogP contribution in [0.25, 0.3) is 10.2 Å². The lowest BCUT2D eigenvalue weighted by molar-refractivity contribution is -0.380. The molecule has 0 fully saturated rings. The number of aliphatic carboxylic acids is 1. The number of thiophene rings is 1. The normalized spacial score (nSPS) is 10.7. The lowest BCUT2D eigenvalue weighted by atomic mass is 10.3. The summed E-state index contributed by atoms with van der Waals surface area (Å²) in [5.41, 5.74) is 0. The van der Waals surface area contributed by atoms with Gasteiger partial charge in [-0.2, -0.15) is 0 Å². The monoisotopic (exact) mass is 296 g/mol. The Morgan fingerprint density at radius 3 is 2.90 bits per heavy atom. The fourth-order valence-corrected chi connectivity index (χ4v) is 2.67. The zero-order valence-corrected chi connectivity index (χ0v) is 11.5. The fraction of sp³-hybridized carbons (Fsp3) is 0.364. The van der Waals surface area contributed by atoms with Crippen LogP contribution in [0, 0.1) is 10.1 Å². The molecule has 0 unspecified atom stereocenters. The zero-order chi connectivity index (χ0) is 14.7. The molecule has 2 heterocycles. The molecule has 0 saturated heterocycles. The molecule has 0 aromatic carbocycles. The number of carboxylic acid groups (broad SMARTS) is 1. The number of nitrogens with zero attached hydrogens (tertiary/aromatic N) is 4. The molecule has 0 atom stereocenters. The van der Waals surface area contributed by atoms with Gasteiger partial charge >= 0.3 is 11.0 Å². The highest BCUT2D eigenvalue weighted by atomic mass is 32.1. The third kappa shape index (κ3) is 2.82. The van der Waals surface area contributed by atoms with E-state index in [1.807, 2.05) is 6.92 Å².